The molecule has 262 valence electrons. The standard InChI is InChI=1S/C49H31BN4OS/c1-49(2,3)28-21-22-41-33(25-28)45-48(55-41)50-34-15-10-18-37-46(34)53(36-17-8-13-31-29-11-4-6-16-35(29)52(37)44(31)36)39-23-27(26-51)24-40(43(39)50)54(45)38-19-9-14-32-30-12-5-7-20-42(30)56-47(32)38/h4-25H,1-3H3/i4D,5D,6D,7D,8D,9D,10D,11D,12D,13D,14D,15D,16D,17D,18D,19D,20D,21D,22D,23D,24D,25D. The van der Waals surface area contributed by atoms with Crippen LogP contribution in [0.15, 0.2) is 137 Å². The predicted octanol–water partition coefficient (Wildman–Crippen LogP) is 11.5. The molecule has 0 atom stereocenters. The maximum Gasteiger partial charge on any atom is 0.297 e. The fraction of sp³-hybridized carbons (Fsp3) is 0.0816. The summed E-state index contributed by atoms with van der Waals surface area (Å²) in [6, 6.07) is -12.6. The Kier molecular flexibility index (Phi) is 3.05. The van der Waals surface area contributed by atoms with Crippen molar-refractivity contribution in [2.45, 2.75) is 26.2 Å². The van der Waals surface area contributed by atoms with Gasteiger partial charge in [-0.2, -0.15) is 5.26 Å². The van der Waals surface area contributed by atoms with E-state index in [2.05, 4.69) is 0 Å². The molecule has 10 aromatic rings. The number of rotatable bonds is 1. The zero-order valence-corrected chi connectivity index (χ0v) is 30.0. The molecule has 6 heterocycles. The molecule has 0 fully saturated rings. The fourth-order valence-electron chi connectivity index (χ4n) is 8.40. The van der Waals surface area contributed by atoms with Crippen LogP contribution in [-0.2, 0) is 5.41 Å². The fourth-order valence-corrected chi connectivity index (χ4v) is 9.46. The first-order chi connectivity index (χ1) is 36.6. The van der Waals surface area contributed by atoms with E-state index in [4.69, 9.17) is 12.6 Å². The third-order valence-electron chi connectivity index (χ3n) is 10.7. The summed E-state index contributed by atoms with van der Waals surface area (Å²) in [5.74, 6) is 0. The van der Waals surface area contributed by atoms with E-state index in [1.807, 2.05) is 6.07 Å². The highest BCUT2D eigenvalue weighted by atomic mass is 32.1. The zero-order chi connectivity index (χ0) is 56.3. The molecule has 56 heavy (non-hydrogen) atoms. The van der Waals surface area contributed by atoms with Gasteiger partial charge in [0.15, 0.2) is 0 Å². The number of anilines is 6. The molecule has 0 unspecified atom stereocenters. The molecular weight excluding hydrogens is 703 g/mol. The van der Waals surface area contributed by atoms with Gasteiger partial charge in [-0.25, -0.2) is 0 Å². The Bertz CT molecular complexity index is 4740. The average molecular weight is 757 g/mol. The van der Waals surface area contributed by atoms with Crippen molar-refractivity contribution in [2.24, 2.45) is 0 Å². The number of hydrogen-bond donors (Lipinski definition) is 0. The first-order valence-corrected chi connectivity index (χ1v) is 18.2. The normalized spacial score (nSPS) is 19.4. The Morgan fingerprint density at radius 3 is 2.18 bits per heavy atom. The van der Waals surface area contributed by atoms with E-state index >= 15 is 0 Å². The molecule has 0 N–H and O–H groups in total. The smallest absolute Gasteiger partial charge is 0.297 e. The average Bonchev–Trinajstić information content (AvgIpc) is 2.09. The predicted molar refractivity (Wildman–Crippen MR) is 234 cm³/mol. The number of hydrogen-bond acceptors (Lipinski definition) is 5. The quantitative estimate of drug-likeness (QED) is 0.157. The monoisotopic (exact) mass is 756 g/mol. The lowest BCUT2D eigenvalue weighted by atomic mass is 9.35. The van der Waals surface area contributed by atoms with E-state index in [0.717, 1.165) is 11.3 Å². The molecule has 0 saturated heterocycles. The van der Waals surface area contributed by atoms with Gasteiger partial charge in [-0.15, -0.1) is 11.3 Å². The van der Waals surface area contributed by atoms with Gasteiger partial charge in [-0.3, -0.25) is 0 Å². The molecule has 0 aliphatic carbocycles. The van der Waals surface area contributed by atoms with Crippen LogP contribution in [0.25, 0.3) is 58.6 Å². The highest BCUT2D eigenvalue weighted by Crippen LogP contribution is 2.54. The van der Waals surface area contributed by atoms with Crippen molar-refractivity contribution in [1.82, 2.24) is 4.57 Å². The maximum atomic E-state index is 11.2. The first kappa shape index (κ1) is 16.5. The van der Waals surface area contributed by atoms with Crippen molar-refractivity contribution in [1.29, 1.82) is 5.26 Å². The maximum absolute atomic E-state index is 11.2. The number of nitriles is 1. The Morgan fingerprint density at radius 1 is 0.661 bits per heavy atom. The molecule has 13 rings (SSSR count). The molecule has 0 radical (unpaired) electrons. The van der Waals surface area contributed by atoms with Crippen LogP contribution in [-0.4, -0.2) is 11.3 Å². The Morgan fingerprint density at radius 2 is 1.36 bits per heavy atom. The molecule has 0 bridgehead atoms. The summed E-state index contributed by atoms with van der Waals surface area (Å²) < 4.78 is 214. The summed E-state index contributed by atoms with van der Waals surface area (Å²) in [6.07, 6.45) is 0. The molecule has 5 nitrogen and oxygen atoms in total. The number of benzene rings is 7. The molecule has 0 amide bonds. The van der Waals surface area contributed by atoms with E-state index in [1.165, 1.54) is 14.4 Å². The second kappa shape index (κ2) is 10.3. The van der Waals surface area contributed by atoms with E-state index in [9.17, 15) is 27.2 Å². The van der Waals surface area contributed by atoms with Gasteiger partial charge < -0.3 is 18.8 Å². The van der Waals surface area contributed by atoms with Gasteiger partial charge in [-0.1, -0.05) is 99.3 Å². The van der Waals surface area contributed by atoms with Crippen LogP contribution in [0.2, 0.25) is 0 Å². The first-order valence-electron chi connectivity index (χ1n) is 28.4. The SMILES string of the molecule is [2H]c1c([2H])c2c3c(c1[2H])-n1c4c([2H])c([2H])c([2H])c([2H])c4c4c([2H])c([2H])c([2H])c(c41)N3c1c([2H])c(C#N)c([2H])c3c1B2c1oc2c([2H])c([2H])c(C(C)(C)C)c([2H])c2c1N3c1c([2H])c([2H])c([2H])c2c1sc1c([2H])c([2H])c([2H])c([2H])c12. The molecule has 0 saturated carbocycles. The van der Waals surface area contributed by atoms with Crippen molar-refractivity contribution in [2.75, 3.05) is 9.80 Å². The van der Waals surface area contributed by atoms with Crippen molar-refractivity contribution in [3.8, 4) is 11.8 Å². The van der Waals surface area contributed by atoms with Gasteiger partial charge in [0.1, 0.15) is 5.58 Å². The molecule has 7 aromatic carbocycles. The Labute approximate surface area is 357 Å². The van der Waals surface area contributed by atoms with Gasteiger partial charge >= 0.3 is 0 Å². The number of thiophene rings is 1. The number of aromatic nitrogens is 1. The molecule has 0 spiro atoms. The molecular formula is C49H31BN4OS. The van der Waals surface area contributed by atoms with Crippen LogP contribution < -0.4 is 26.4 Å². The largest absolute Gasteiger partial charge is 0.468 e. The minimum absolute atomic E-state index is 0.0257. The Balaban J connectivity index is 1.34. The van der Waals surface area contributed by atoms with E-state index < -0.39 is 162 Å². The minimum atomic E-state index is -1.70. The van der Waals surface area contributed by atoms with Crippen molar-refractivity contribution >= 4 is 122 Å². The molecule has 7 heteroatoms. The van der Waals surface area contributed by atoms with E-state index in [0.29, 0.717) is 0 Å². The van der Waals surface area contributed by atoms with Crippen LogP contribution >= 0.6 is 11.3 Å². The van der Waals surface area contributed by atoms with Gasteiger partial charge in [-0.05, 0) is 76.3 Å². The molecule has 3 aromatic heterocycles. The lowest BCUT2D eigenvalue weighted by Gasteiger charge is -2.44. The van der Waals surface area contributed by atoms with E-state index in [-0.39, 0.29) is 104 Å². The summed E-state index contributed by atoms with van der Waals surface area (Å²) in [6.45, 7) is 3.40. The second-order valence-electron chi connectivity index (χ2n) is 14.7. The van der Waals surface area contributed by atoms with Gasteiger partial charge in [0.05, 0.1) is 91.6 Å². The van der Waals surface area contributed by atoms with Gasteiger partial charge in [0.2, 0.25) is 0 Å². The topological polar surface area (TPSA) is 48.3 Å². The van der Waals surface area contributed by atoms with Crippen LogP contribution in [0.4, 0.5) is 34.1 Å². The number of fused-ring (bicyclic) bond motifs is 14. The highest BCUT2D eigenvalue weighted by molar-refractivity contribution is 7.26. The second-order valence-corrected chi connectivity index (χ2v) is 15.7. The van der Waals surface area contributed by atoms with E-state index in [1.54, 1.807) is 20.8 Å². The lowest BCUT2D eigenvalue weighted by molar-refractivity contribution is 0.590. The minimum Gasteiger partial charge on any atom is -0.468 e. The lowest BCUT2D eigenvalue weighted by Crippen LogP contribution is -2.61. The van der Waals surface area contributed by atoms with Gasteiger partial charge in [0, 0.05) is 43.0 Å². The highest BCUT2D eigenvalue weighted by Gasteiger charge is 2.49. The molecule has 3 aliphatic rings. The van der Waals surface area contributed by atoms with Gasteiger partial charge in [0.25, 0.3) is 6.71 Å². The third-order valence-corrected chi connectivity index (χ3v) is 11.8. The summed E-state index contributed by atoms with van der Waals surface area (Å²) in [7, 11) is 0. The van der Waals surface area contributed by atoms with Crippen LogP contribution in [0.1, 0.15) is 62.1 Å². The van der Waals surface area contributed by atoms with Crippen LogP contribution in [0, 0.1) is 11.3 Å². The summed E-state index contributed by atoms with van der Waals surface area (Å²) in [5.41, 5.74) is -5.97. The van der Waals surface area contributed by atoms with Crippen LogP contribution in [0.3, 0.4) is 0 Å². The number of para-hydroxylation sites is 3. The van der Waals surface area contributed by atoms with Crippen LogP contribution in [0.5, 0.6) is 0 Å². The van der Waals surface area contributed by atoms with Crippen molar-refractivity contribution < 1.29 is 34.6 Å². The summed E-state index contributed by atoms with van der Waals surface area (Å²) in [5, 5.41) is 9.99. The Hall–Kier alpha value is -6.75. The third kappa shape index (κ3) is 3.66. The van der Waals surface area contributed by atoms with Crippen molar-refractivity contribution in [3.63, 3.8) is 0 Å². The zero-order valence-electron chi connectivity index (χ0n) is 51.2. The van der Waals surface area contributed by atoms with Crippen molar-refractivity contribution in [3.05, 3.63) is 144 Å². The number of furan rings is 1. The molecule has 3 aliphatic heterocycles. The summed E-state index contributed by atoms with van der Waals surface area (Å²) in [4.78, 5) is 2.36. The summed E-state index contributed by atoms with van der Waals surface area (Å²) >= 11 is 0.718. The number of nitrogens with zero attached hydrogens (tertiary/aromatic N) is 4.